The van der Waals surface area contributed by atoms with Crippen LogP contribution in [0.15, 0.2) is 60.8 Å². The third-order valence-electron chi connectivity index (χ3n) is 4.35. The van der Waals surface area contributed by atoms with Gasteiger partial charge in [-0.25, -0.2) is 4.98 Å². The Labute approximate surface area is 166 Å². The maximum Gasteiger partial charge on any atom is 0.224 e. The number of aromatic nitrogens is 2. The van der Waals surface area contributed by atoms with Gasteiger partial charge in [0.05, 0.1) is 14.2 Å². The second-order valence-corrected chi connectivity index (χ2v) is 6.32. The molecule has 6 heteroatoms. The first kappa shape index (κ1) is 19.5. The number of nitrogens with zero attached hydrogens (tertiary/aromatic N) is 2. The van der Waals surface area contributed by atoms with E-state index in [1.165, 1.54) is 5.56 Å². The first-order valence-corrected chi connectivity index (χ1v) is 9.34. The SMILES string of the molecule is COc1ccc(CNc2nccc(NCCCc3ccccc3)n2)cc1OC. The van der Waals surface area contributed by atoms with E-state index in [-0.39, 0.29) is 0 Å². The summed E-state index contributed by atoms with van der Waals surface area (Å²) in [4.78, 5) is 8.81. The number of rotatable bonds is 10. The number of nitrogens with one attached hydrogen (secondary N) is 2. The second-order valence-electron chi connectivity index (χ2n) is 6.32. The van der Waals surface area contributed by atoms with Crippen molar-refractivity contribution in [2.75, 3.05) is 31.4 Å². The Bertz CT molecular complexity index is 871. The normalized spacial score (nSPS) is 10.4. The lowest BCUT2D eigenvalue weighted by molar-refractivity contribution is 0.354. The molecule has 0 aliphatic heterocycles. The molecule has 2 aromatic carbocycles. The molecule has 3 aromatic rings. The van der Waals surface area contributed by atoms with Crippen molar-refractivity contribution in [3.05, 3.63) is 71.9 Å². The lowest BCUT2D eigenvalue weighted by Gasteiger charge is -2.11. The molecule has 0 aliphatic carbocycles. The fourth-order valence-electron chi connectivity index (χ4n) is 2.87. The van der Waals surface area contributed by atoms with Gasteiger partial charge < -0.3 is 20.1 Å². The molecule has 0 saturated carbocycles. The van der Waals surface area contributed by atoms with E-state index < -0.39 is 0 Å². The van der Waals surface area contributed by atoms with Crippen LogP contribution in [-0.4, -0.2) is 30.7 Å². The maximum absolute atomic E-state index is 5.34. The predicted octanol–water partition coefficient (Wildman–Crippen LogP) is 4.15. The van der Waals surface area contributed by atoms with Gasteiger partial charge in [0, 0.05) is 19.3 Å². The van der Waals surface area contributed by atoms with E-state index in [2.05, 4.69) is 44.9 Å². The topological polar surface area (TPSA) is 68.3 Å². The Hall–Kier alpha value is -3.28. The number of anilines is 2. The monoisotopic (exact) mass is 378 g/mol. The fraction of sp³-hybridized carbons (Fsp3) is 0.273. The van der Waals surface area contributed by atoms with Crippen molar-refractivity contribution in [1.82, 2.24) is 9.97 Å². The van der Waals surface area contributed by atoms with Crippen LogP contribution in [0.3, 0.4) is 0 Å². The highest BCUT2D eigenvalue weighted by Gasteiger charge is 2.05. The molecule has 0 saturated heterocycles. The van der Waals surface area contributed by atoms with Crippen molar-refractivity contribution in [2.24, 2.45) is 0 Å². The molecule has 0 unspecified atom stereocenters. The number of methoxy groups -OCH3 is 2. The lowest BCUT2D eigenvalue weighted by Crippen LogP contribution is -2.08. The van der Waals surface area contributed by atoms with Crippen molar-refractivity contribution in [3.8, 4) is 11.5 Å². The van der Waals surface area contributed by atoms with Gasteiger partial charge in [-0.3, -0.25) is 0 Å². The van der Waals surface area contributed by atoms with Gasteiger partial charge in [-0.05, 0) is 42.2 Å². The third-order valence-corrected chi connectivity index (χ3v) is 4.35. The quantitative estimate of drug-likeness (QED) is 0.517. The van der Waals surface area contributed by atoms with Crippen molar-refractivity contribution < 1.29 is 9.47 Å². The summed E-state index contributed by atoms with van der Waals surface area (Å²) in [5.74, 6) is 2.82. The van der Waals surface area contributed by atoms with E-state index in [0.29, 0.717) is 24.0 Å². The molecule has 0 aliphatic rings. The molecule has 6 nitrogen and oxygen atoms in total. The van der Waals surface area contributed by atoms with Gasteiger partial charge in [0.1, 0.15) is 5.82 Å². The van der Waals surface area contributed by atoms with Crippen LogP contribution in [0.1, 0.15) is 17.5 Å². The van der Waals surface area contributed by atoms with E-state index in [9.17, 15) is 0 Å². The highest BCUT2D eigenvalue weighted by Crippen LogP contribution is 2.27. The van der Waals surface area contributed by atoms with Gasteiger partial charge in [-0.1, -0.05) is 36.4 Å². The molecule has 146 valence electrons. The second kappa shape index (κ2) is 10.2. The summed E-state index contributed by atoms with van der Waals surface area (Å²) in [5.41, 5.74) is 2.41. The molecule has 0 amide bonds. The van der Waals surface area contributed by atoms with E-state index in [1.807, 2.05) is 30.3 Å². The van der Waals surface area contributed by atoms with E-state index in [4.69, 9.17) is 9.47 Å². The van der Waals surface area contributed by atoms with E-state index >= 15 is 0 Å². The van der Waals surface area contributed by atoms with Crippen molar-refractivity contribution in [3.63, 3.8) is 0 Å². The Morgan fingerprint density at radius 3 is 2.46 bits per heavy atom. The van der Waals surface area contributed by atoms with Gasteiger partial charge in [0.2, 0.25) is 5.95 Å². The van der Waals surface area contributed by atoms with Crippen LogP contribution in [0.2, 0.25) is 0 Å². The fourth-order valence-corrected chi connectivity index (χ4v) is 2.87. The summed E-state index contributed by atoms with van der Waals surface area (Å²) in [6.45, 7) is 1.46. The Balaban J connectivity index is 1.49. The van der Waals surface area contributed by atoms with Crippen LogP contribution in [0.4, 0.5) is 11.8 Å². The minimum Gasteiger partial charge on any atom is -0.493 e. The van der Waals surface area contributed by atoms with Gasteiger partial charge >= 0.3 is 0 Å². The number of hydrogen-bond donors (Lipinski definition) is 2. The lowest BCUT2D eigenvalue weighted by atomic mass is 10.1. The molecule has 0 fully saturated rings. The molecular weight excluding hydrogens is 352 g/mol. The minimum absolute atomic E-state index is 0.586. The third kappa shape index (κ3) is 5.61. The Kier molecular flexibility index (Phi) is 7.07. The number of hydrogen-bond acceptors (Lipinski definition) is 6. The van der Waals surface area contributed by atoms with Gasteiger partial charge in [0.25, 0.3) is 0 Å². The predicted molar refractivity (Wildman–Crippen MR) is 112 cm³/mol. The summed E-state index contributed by atoms with van der Waals surface area (Å²) in [5, 5.41) is 6.61. The smallest absolute Gasteiger partial charge is 0.224 e. The zero-order chi connectivity index (χ0) is 19.6. The van der Waals surface area contributed by atoms with Crippen molar-refractivity contribution in [2.45, 2.75) is 19.4 Å². The van der Waals surface area contributed by atoms with E-state index in [1.54, 1.807) is 20.4 Å². The molecule has 0 spiro atoms. The maximum atomic E-state index is 5.34. The molecule has 0 atom stereocenters. The van der Waals surface area contributed by atoms with Crippen molar-refractivity contribution in [1.29, 1.82) is 0 Å². The number of aryl methyl sites for hydroxylation is 1. The van der Waals surface area contributed by atoms with Crippen molar-refractivity contribution >= 4 is 11.8 Å². The van der Waals surface area contributed by atoms with Crippen LogP contribution in [-0.2, 0) is 13.0 Å². The summed E-state index contributed by atoms with van der Waals surface area (Å²) < 4.78 is 10.6. The molecule has 1 aromatic heterocycles. The minimum atomic E-state index is 0.586. The first-order valence-electron chi connectivity index (χ1n) is 9.34. The summed E-state index contributed by atoms with van der Waals surface area (Å²) in [6.07, 6.45) is 3.84. The Morgan fingerprint density at radius 2 is 1.68 bits per heavy atom. The highest BCUT2D eigenvalue weighted by atomic mass is 16.5. The average molecular weight is 378 g/mol. The molecule has 3 rings (SSSR count). The van der Waals surface area contributed by atoms with Gasteiger partial charge in [-0.15, -0.1) is 0 Å². The summed E-state index contributed by atoms with van der Waals surface area (Å²) in [7, 11) is 3.26. The Morgan fingerprint density at radius 1 is 0.857 bits per heavy atom. The zero-order valence-electron chi connectivity index (χ0n) is 16.3. The van der Waals surface area contributed by atoms with Gasteiger partial charge in [-0.2, -0.15) is 4.98 Å². The number of benzene rings is 2. The summed E-state index contributed by atoms with van der Waals surface area (Å²) in [6, 6.07) is 18.2. The van der Waals surface area contributed by atoms with Crippen LogP contribution < -0.4 is 20.1 Å². The molecule has 1 heterocycles. The molecular formula is C22H26N4O2. The van der Waals surface area contributed by atoms with Gasteiger partial charge in [0.15, 0.2) is 11.5 Å². The molecule has 0 radical (unpaired) electrons. The summed E-state index contributed by atoms with van der Waals surface area (Å²) >= 11 is 0. The highest BCUT2D eigenvalue weighted by molar-refractivity contribution is 5.44. The largest absolute Gasteiger partial charge is 0.493 e. The molecule has 0 bridgehead atoms. The molecule has 2 N–H and O–H groups in total. The van der Waals surface area contributed by atoms with Crippen LogP contribution in [0.25, 0.3) is 0 Å². The average Bonchev–Trinajstić information content (AvgIpc) is 2.76. The van der Waals surface area contributed by atoms with Crippen LogP contribution >= 0.6 is 0 Å². The standard InChI is InChI=1S/C22H26N4O2/c1-27-19-11-10-18(15-20(19)28-2)16-25-22-24-14-12-21(26-22)23-13-6-9-17-7-4-3-5-8-17/h3-5,7-8,10-12,14-15H,6,9,13,16H2,1-2H3,(H2,23,24,25,26). The zero-order valence-corrected chi connectivity index (χ0v) is 16.3. The molecule has 28 heavy (non-hydrogen) atoms. The van der Waals surface area contributed by atoms with E-state index in [0.717, 1.165) is 30.8 Å². The van der Waals surface area contributed by atoms with Crippen LogP contribution in [0.5, 0.6) is 11.5 Å². The number of ether oxygens (including phenoxy) is 2. The first-order chi connectivity index (χ1) is 13.8. The van der Waals surface area contributed by atoms with Crippen LogP contribution in [0, 0.1) is 0 Å².